The summed E-state index contributed by atoms with van der Waals surface area (Å²) in [5, 5.41) is 23.3. The summed E-state index contributed by atoms with van der Waals surface area (Å²) in [7, 11) is 0. The summed E-state index contributed by atoms with van der Waals surface area (Å²) in [5.74, 6) is 0.247. The molecule has 0 aliphatic heterocycles. The van der Waals surface area contributed by atoms with Crippen LogP contribution in [0.15, 0.2) is 46.9 Å². The van der Waals surface area contributed by atoms with E-state index >= 15 is 0 Å². The average Bonchev–Trinajstić information content (AvgIpc) is 2.51. The molecule has 0 saturated heterocycles. The van der Waals surface area contributed by atoms with E-state index in [2.05, 4.69) is 29.1 Å². The Balaban J connectivity index is 2.24. The van der Waals surface area contributed by atoms with Gasteiger partial charge in [-0.2, -0.15) is 0 Å². The smallest absolute Gasteiger partial charge is 0.131 e. The Labute approximate surface area is 136 Å². The molecular weight excluding hydrogens is 340 g/mol. The first-order chi connectivity index (χ1) is 10.5. The second-order valence-electron chi connectivity index (χ2n) is 5.30. The molecule has 2 nitrogen and oxygen atoms in total. The van der Waals surface area contributed by atoms with Crippen molar-refractivity contribution >= 4 is 39.9 Å². The minimum absolute atomic E-state index is 0.0884. The highest BCUT2D eigenvalue weighted by atomic mass is 79.9. The summed E-state index contributed by atoms with van der Waals surface area (Å²) < 4.78 is 0.998. The molecule has 22 heavy (non-hydrogen) atoms. The molecule has 0 radical (unpaired) electrons. The van der Waals surface area contributed by atoms with Crippen LogP contribution in [-0.2, 0) is 6.42 Å². The average molecular weight is 355 g/mol. The number of halogens is 1. The van der Waals surface area contributed by atoms with Gasteiger partial charge in [-0.05, 0) is 22.9 Å². The summed E-state index contributed by atoms with van der Waals surface area (Å²) >= 11 is 3.40. The second kappa shape index (κ2) is 5.50. The van der Waals surface area contributed by atoms with Gasteiger partial charge >= 0.3 is 0 Å². The maximum absolute atomic E-state index is 10.6. The number of fused-ring (bicyclic) bond motifs is 1. The van der Waals surface area contributed by atoms with Crippen molar-refractivity contribution in [3.05, 3.63) is 68.5 Å². The molecule has 0 fully saturated rings. The van der Waals surface area contributed by atoms with E-state index in [9.17, 15) is 10.2 Å². The number of rotatable bonds is 2. The van der Waals surface area contributed by atoms with Crippen molar-refractivity contribution in [1.82, 2.24) is 0 Å². The van der Waals surface area contributed by atoms with Crippen molar-refractivity contribution in [3.63, 3.8) is 0 Å². The van der Waals surface area contributed by atoms with Gasteiger partial charge in [-0.25, -0.2) is 0 Å². The fraction of sp³-hybridized carbons (Fsp3) is 0.0526. The first-order valence-corrected chi connectivity index (χ1v) is 7.66. The summed E-state index contributed by atoms with van der Waals surface area (Å²) in [4.78, 5) is 0. The largest absolute Gasteiger partial charge is 0.507 e. The van der Waals surface area contributed by atoms with E-state index in [0.29, 0.717) is 33.2 Å². The van der Waals surface area contributed by atoms with Gasteiger partial charge < -0.3 is 10.2 Å². The third-order valence-corrected chi connectivity index (χ3v) is 4.40. The number of benzene rings is 3. The summed E-state index contributed by atoms with van der Waals surface area (Å²) in [6.45, 7) is 7.85. The van der Waals surface area contributed by atoms with Crippen LogP contribution in [0.1, 0.15) is 11.1 Å². The van der Waals surface area contributed by atoms with Crippen LogP contribution in [0.25, 0.3) is 23.9 Å². The highest BCUT2D eigenvalue weighted by Gasteiger charge is 2.14. The van der Waals surface area contributed by atoms with Crippen molar-refractivity contribution in [3.8, 4) is 11.5 Å². The van der Waals surface area contributed by atoms with Gasteiger partial charge in [-0.15, -0.1) is 0 Å². The lowest BCUT2D eigenvalue weighted by molar-refractivity contribution is 0.461. The van der Waals surface area contributed by atoms with Crippen LogP contribution in [0.3, 0.4) is 0 Å². The molecular formula is C19H15BrO2. The van der Waals surface area contributed by atoms with Crippen LogP contribution in [-0.4, -0.2) is 10.2 Å². The van der Waals surface area contributed by atoms with E-state index in [0.717, 1.165) is 10.0 Å². The van der Waals surface area contributed by atoms with Gasteiger partial charge in [0.1, 0.15) is 11.5 Å². The fourth-order valence-electron chi connectivity index (χ4n) is 2.67. The molecule has 3 aromatic rings. The number of hydrogen-bond acceptors (Lipinski definition) is 2. The lowest BCUT2D eigenvalue weighted by atomic mass is 9.96. The van der Waals surface area contributed by atoms with E-state index in [4.69, 9.17) is 0 Å². The molecule has 0 aliphatic carbocycles. The number of hydrogen-bond donors (Lipinski definition) is 2. The molecule has 0 atom stereocenters. The molecule has 0 heterocycles. The summed E-state index contributed by atoms with van der Waals surface area (Å²) in [6.07, 6.45) is 0.503. The third kappa shape index (κ3) is 2.38. The molecule has 3 rings (SSSR count). The minimum Gasteiger partial charge on any atom is -0.507 e. The quantitative estimate of drug-likeness (QED) is 0.692. The molecule has 0 aliphatic rings. The minimum atomic E-state index is 0.0884. The van der Waals surface area contributed by atoms with Gasteiger partial charge in [0.05, 0.1) is 0 Å². The zero-order valence-corrected chi connectivity index (χ0v) is 13.5. The summed E-state index contributed by atoms with van der Waals surface area (Å²) in [6, 6.07) is 13.2. The third-order valence-electron chi connectivity index (χ3n) is 3.87. The van der Waals surface area contributed by atoms with Crippen molar-refractivity contribution < 1.29 is 10.2 Å². The Kier molecular flexibility index (Phi) is 3.67. The molecule has 0 aromatic heterocycles. The Morgan fingerprint density at radius 3 is 2.27 bits per heavy atom. The van der Waals surface area contributed by atoms with E-state index < -0.39 is 0 Å². The van der Waals surface area contributed by atoms with Gasteiger partial charge in [0.15, 0.2) is 0 Å². The molecule has 110 valence electrons. The second-order valence-corrected chi connectivity index (χ2v) is 6.21. The van der Waals surface area contributed by atoms with Crippen LogP contribution in [0.4, 0.5) is 0 Å². The highest BCUT2D eigenvalue weighted by Crippen LogP contribution is 2.30. The van der Waals surface area contributed by atoms with Crippen LogP contribution < -0.4 is 10.4 Å². The number of aromatic hydroxyl groups is 2. The van der Waals surface area contributed by atoms with Crippen molar-refractivity contribution in [2.45, 2.75) is 6.42 Å². The van der Waals surface area contributed by atoms with Gasteiger partial charge in [0.2, 0.25) is 0 Å². The number of phenols is 2. The molecule has 0 bridgehead atoms. The van der Waals surface area contributed by atoms with Crippen molar-refractivity contribution in [2.75, 3.05) is 0 Å². The van der Waals surface area contributed by atoms with Crippen molar-refractivity contribution in [2.24, 2.45) is 0 Å². The Bertz CT molecular complexity index is 960. The van der Waals surface area contributed by atoms with E-state index in [-0.39, 0.29) is 11.5 Å². The Morgan fingerprint density at radius 1 is 0.909 bits per heavy atom. The monoisotopic (exact) mass is 354 g/mol. The van der Waals surface area contributed by atoms with E-state index in [1.807, 2.05) is 30.3 Å². The Hall–Kier alpha value is -2.26. The molecule has 0 unspecified atom stereocenters. The fourth-order valence-corrected chi connectivity index (χ4v) is 2.94. The summed E-state index contributed by atoms with van der Waals surface area (Å²) in [5.41, 5.74) is 1.67. The van der Waals surface area contributed by atoms with Crippen LogP contribution in [0, 0.1) is 0 Å². The van der Waals surface area contributed by atoms with Gasteiger partial charge in [0, 0.05) is 32.4 Å². The van der Waals surface area contributed by atoms with Crippen LogP contribution >= 0.6 is 15.9 Å². The van der Waals surface area contributed by atoms with Gasteiger partial charge in [-0.1, -0.05) is 59.4 Å². The predicted molar refractivity (Wildman–Crippen MR) is 94.5 cm³/mol. The zero-order chi connectivity index (χ0) is 15.9. The van der Waals surface area contributed by atoms with Crippen molar-refractivity contribution in [1.29, 1.82) is 0 Å². The maximum atomic E-state index is 10.6. The van der Waals surface area contributed by atoms with Crippen LogP contribution in [0.2, 0.25) is 0 Å². The highest BCUT2D eigenvalue weighted by molar-refractivity contribution is 9.10. The lowest BCUT2D eigenvalue weighted by Crippen LogP contribution is -2.13. The topological polar surface area (TPSA) is 40.5 Å². The predicted octanol–water partition coefficient (Wildman–Crippen LogP) is 3.42. The Morgan fingerprint density at radius 2 is 1.59 bits per heavy atom. The normalized spacial score (nSPS) is 11.0. The van der Waals surface area contributed by atoms with Gasteiger partial charge in [0.25, 0.3) is 0 Å². The van der Waals surface area contributed by atoms with Crippen LogP contribution in [0.5, 0.6) is 11.5 Å². The first kappa shape index (κ1) is 14.7. The first-order valence-electron chi connectivity index (χ1n) is 6.87. The maximum Gasteiger partial charge on any atom is 0.131 e. The number of phenolic OH excluding ortho intramolecular Hbond substituents is 2. The van der Waals surface area contributed by atoms with E-state index in [1.165, 1.54) is 0 Å². The van der Waals surface area contributed by atoms with E-state index in [1.54, 1.807) is 12.1 Å². The van der Waals surface area contributed by atoms with Gasteiger partial charge in [-0.3, -0.25) is 0 Å². The standard InChI is InChI=1S/C19H15BrO2/c1-11-4-3-5-15-17(11)18(21)12(2)16(19(15)22)10-13-6-8-14(20)9-7-13/h3-9,21-22H,1-2,10H2. The lowest BCUT2D eigenvalue weighted by Gasteiger charge is -2.12. The molecule has 2 N–H and O–H groups in total. The molecule has 0 saturated carbocycles. The molecule has 3 aromatic carbocycles. The molecule has 0 amide bonds. The molecule has 3 heteroatoms. The SMILES string of the molecule is C=c1c(Cc2ccc(Br)cc2)c(O)c2cccc(=C)c2c1O. The zero-order valence-electron chi connectivity index (χ0n) is 11.9. The molecule has 0 spiro atoms.